The van der Waals surface area contributed by atoms with Gasteiger partial charge in [0.25, 0.3) is 0 Å². The van der Waals surface area contributed by atoms with Gasteiger partial charge in [-0.2, -0.15) is 0 Å². The molecule has 0 fully saturated rings. The summed E-state index contributed by atoms with van der Waals surface area (Å²) in [5.74, 6) is 1.42. The third-order valence-electron chi connectivity index (χ3n) is 2.19. The van der Waals surface area contributed by atoms with Crippen molar-refractivity contribution in [3.63, 3.8) is 0 Å². The molecule has 1 aromatic carbocycles. The molecule has 1 aromatic rings. The predicted octanol–water partition coefficient (Wildman–Crippen LogP) is 1.10. The number of rotatable bonds is 4. The van der Waals surface area contributed by atoms with Crippen molar-refractivity contribution in [3.05, 3.63) is 29.3 Å². The van der Waals surface area contributed by atoms with E-state index in [-0.39, 0.29) is 12.2 Å². The highest BCUT2D eigenvalue weighted by Crippen LogP contribution is 2.17. The molecule has 1 atom stereocenters. The van der Waals surface area contributed by atoms with Crippen molar-refractivity contribution in [1.29, 1.82) is 0 Å². The fraction of sp³-hybridized carbons (Fsp3) is 0.250. The van der Waals surface area contributed by atoms with E-state index < -0.39 is 12.0 Å². The lowest BCUT2D eigenvalue weighted by molar-refractivity contribution is 0.0697. The van der Waals surface area contributed by atoms with Crippen LogP contribution in [0, 0.1) is 19.3 Å². The number of carboxylic acids is 1. The van der Waals surface area contributed by atoms with Crippen LogP contribution < -0.4 is 5.32 Å². The predicted molar refractivity (Wildman–Crippen MR) is 61.5 cm³/mol. The number of hydrogen-bond donors (Lipinski definition) is 3. The highest BCUT2D eigenvalue weighted by atomic mass is 16.4. The Bertz CT molecular complexity index is 434. The quantitative estimate of drug-likeness (QED) is 0.663. The highest BCUT2D eigenvalue weighted by Gasteiger charge is 2.08. The van der Waals surface area contributed by atoms with Gasteiger partial charge in [-0.1, -0.05) is 5.92 Å². The van der Waals surface area contributed by atoms with Gasteiger partial charge in [-0.15, -0.1) is 6.42 Å². The fourth-order valence-electron chi connectivity index (χ4n) is 1.29. The van der Waals surface area contributed by atoms with Crippen molar-refractivity contribution in [3.8, 4) is 12.3 Å². The summed E-state index contributed by atoms with van der Waals surface area (Å²) in [6.45, 7) is 1.61. The van der Waals surface area contributed by atoms with E-state index >= 15 is 0 Å². The Morgan fingerprint density at radius 1 is 1.62 bits per heavy atom. The van der Waals surface area contributed by atoms with E-state index in [9.17, 15) is 4.79 Å². The van der Waals surface area contributed by atoms with E-state index in [0.717, 1.165) is 11.3 Å². The van der Waals surface area contributed by atoms with Gasteiger partial charge >= 0.3 is 5.97 Å². The normalized spacial score (nSPS) is 11.6. The summed E-state index contributed by atoms with van der Waals surface area (Å²) in [6.07, 6.45) is 5.19. The minimum absolute atomic E-state index is 0.170. The van der Waals surface area contributed by atoms with E-state index in [1.807, 2.05) is 0 Å². The van der Waals surface area contributed by atoms with Crippen LogP contribution >= 0.6 is 0 Å². The molecule has 0 saturated heterocycles. The number of aliphatic hydroxyl groups is 1. The largest absolute Gasteiger partial charge is 0.478 e. The zero-order chi connectivity index (χ0) is 12.1. The number of carbonyl (C=O) groups is 1. The molecule has 0 aliphatic heterocycles. The third-order valence-corrected chi connectivity index (χ3v) is 2.19. The lowest BCUT2D eigenvalue weighted by Crippen LogP contribution is -2.22. The Balaban J connectivity index is 2.92. The molecule has 0 saturated carbocycles. The maximum Gasteiger partial charge on any atom is 0.335 e. The molecule has 84 valence electrons. The van der Waals surface area contributed by atoms with Gasteiger partial charge in [0, 0.05) is 5.69 Å². The van der Waals surface area contributed by atoms with Crippen LogP contribution in [0.2, 0.25) is 0 Å². The topological polar surface area (TPSA) is 69.6 Å². The molecular weight excluding hydrogens is 206 g/mol. The number of terminal acetylenes is 1. The molecule has 4 nitrogen and oxygen atoms in total. The van der Waals surface area contributed by atoms with Crippen LogP contribution in [0.1, 0.15) is 15.9 Å². The molecule has 1 rings (SSSR count). The Morgan fingerprint density at radius 3 is 2.75 bits per heavy atom. The molecular formula is C12H13NO3. The number of nitrogens with one attached hydrogen (secondary N) is 1. The van der Waals surface area contributed by atoms with E-state index in [4.69, 9.17) is 16.6 Å². The van der Waals surface area contributed by atoms with Crippen LogP contribution in [0.4, 0.5) is 5.69 Å². The first-order valence-electron chi connectivity index (χ1n) is 4.76. The minimum Gasteiger partial charge on any atom is -0.478 e. The first-order chi connectivity index (χ1) is 7.58. The smallest absolute Gasteiger partial charge is 0.335 e. The van der Waals surface area contributed by atoms with Crippen molar-refractivity contribution < 1.29 is 15.0 Å². The molecule has 0 aliphatic carbocycles. The number of benzene rings is 1. The number of aryl methyl sites for hydroxylation is 1. The van der Waals surface area contributed by atoms with Crippen molar-refractivity contribution in [1.82, 2.24) is 0 Å². The summed E-state index contributed by atoms with van der Waals surface area (Å²) in [4.78, 5) is 10.7. The lowest BCUT2D eigenvalue weighted by Gasteiger charge is -2.14. The van der Waals surface area contributed by atoms with Gasteiger partial charge in [-0.3, -0.25) is 0 Å². The van der Waals surface area contributed by atoms with Crippen LogP contribution in [0.15, 0.2) is 18.2 Å². The first kappa shape index (κ1) is 12.1. The summed E-state index contributed by atoms with van der Waals surface area (Å²) in [6, 6.07) is 4.21. The number of hydrogen-bond acceptors (Lipinski definition) is 3. The molecule has 1 unspecified atom stereocenters. The Kier molecular flexibility index (Phi) is 3.92. The number of carboxylic acid groups (broad SMARTS) is 1. The van der Waals surface area contributed by atoms with Crippen molar-refractivity contribution >= 4 is 11.7 Å². The summed E-state index contributed by atoms with van der Waals surface area (Å²) < 4.78 is 0. The second-order valence-corrected chi connectivity index (χ2v) is 3.38. The first-order valence-corrected chi connectivity index (χ1v) is 4.76. The van der Waals surface area contributed by atoms with Gasteiger partial charge < -0.3 is 15.5 Å². The average Bonchev–Trinajstić information content (AvgIpc) is 2.27. The van der Waals surface area contributed by atoms with E-state index in [2.05, 4.69) is 11.2 Å². The Labute approximate surface area is 93.9 Å². The standard InChI is InChI=1S/C12H13NO3/c1-3-10(7-14)13-11-5-4-9(12(15)16)6-8(11)2/h1,4-6,10,13-14H,7H2,2H3,(H,15,16). The van der Waals surface area contributed by atoms with E-state index in [1.165, 1.54) is 6.07 Å². The molecule has 0 spiro atoms. The van der Waals surface area contributed by atoms with Gasteiger partial charge in [-0.05, 0) is 30.7 Å². The summed E-state index contributed by atoms with van der Waals surface area (Å²) >= 11 is 0. The van der Waals surface area contributed by atoms with E-state index in [0.29, 0.717) is 0 Å². The molecule has 3 N–H and O–H groups in total. The Hall–Kier alpha value is -1.99. The second-order valence-electron chi connectivity index (χ2n) is 3.38. The second kappa shape index (κ2) is 5.19. The highest BCUT2D eigenvalue weighted by molar-refractivity contribution is 5.88. The molecule has 0 heterocycles. The molecule has 0 aliphatic rings. The van der Waals surface area contributed by atoms with Crippen molar-refractivity contribution in [2.24, 2.45) is 0 Å². The fourth-order valence-corrected chi connectivity index (χ4v) is 1.29. The minimum atomic E-state index is -0.967. The maximum atomic E-state index is 10.7. The van der Waals surface area contributed by atoms with Gasteiger partial charge in [0.15, 0.2) is 0 Å². The summed E-state index contributed by atoms with van der Waals surface area (Å²) in [5, 5.41) is 20.6. The summed E-state index contributed by atoms with van der Waals surface area (Å²) in [7, 11) is 0. The lowest BCUT2D eigenvalue weighted by atomic mass is 10.1. The van der Waals surface area contributed by atoms with Crippen LogP contribution in [0.3, 0.4) is 0 Å². The SMILES string of the molecule is C#CC(CO)Nc1ccc(C(=O)O)cc1C. The number of aromatic carboxylic acids is 1. The molecule has 4 heteroatoms. The molecule has 16 heavy (non-hydrogen) atoms. The number of anilines is 1. The number of aliphatic hydroxyl groups excluding tert-OH is 1. The van der Waals surface area contributed by atoms with Crippen molar-refractivity contribution in [2.75, 3.05) is 11.9 Å². The van der Waals surface area contributed by atoms with Gasteiger partial charge in [0.2, 0.25) is 0 Å². The Morgan fingerprint density at radius 2 is 2.31 bits per heavy atom. The van der Waals surface area contributed by atoms with Crippen LogP contribution in [0.5, 0.6) is 0 Å². The maximum absolute atomic E-state index is 10.7. The third kappa shape index (κ3) is 2.75. The average molecular weight is 219 g/mol. The molecule has 0 aromatic heterocycles. The van der Waals surface area contributed by atoms with Crippen molar-refractivity contribution in [2.45, 2.75) is 13.0 Å². The zero-order valence-electron chi connectivity index (χ0n) is 8.90. The molecule has 0 bridgehead atoms. The monoisotopic (exact) mass is 219 g/mol. The van der Waals surface area contributed by atoms with E-state index in [1.54, 1.807) is 19.1 Å². The zero-order valence-corrected chi connectivity index (χ0v) is 8.90. The molecule has 0 amide bonds. The van der Waals surface area contributed by atoms with Crippen LogP contribution in [-0.2, 0) is 0 Å². The van der Waals surface area contributed by atoms with Gasteiger partial charge in [0.1, 0.15) is 6.04 Å². The van der Waals surface area contributed by atoms with Crippen LogP contribution in [0.25, 0.3) is 0 Å². The van der Waals surface area contributed by atoms with Crippen LogP contribution in [-0.4, -0.2) is 28.8 Å². The molecule has 0 radical (unpaired) electrons. The summed E-state index contributed by atoms with van der Waals surface area (Å²) in [5.41, 5.74) is 1.72. The van der Waals surface area contributed by atoms with Gasteiger partial charge in [-0.25, -0.2) is 4.79 Å². The van der Waals surface area contributed by atoms with Gasteiger partial charge in [0.05, 0.1) is 12.2 Å².